The van der Waals surface area contributed by atoms with Crippen molar-refractivity contribution in [3.63, 3.8) is 0 Å². The fourth-order valence-electron chi connectivity index (χ4n) is 2.07. The molecule has 0 amide bonds. The highest BCUT2D eigenvalue weighted by molar-refractivity contribution is 5.51. The van der Waals surface area contributed by atoms with Gasteiger partial charge in [-0.2, -0.15) is 0 Å². The molecule has 5 nitrogen and oxygen atoms in total. The highest BCUT2D eigenvalue weighted by atomic mass is 16.5. The summed E-state index contributed by atoms with van der Waals surface area (Å²) in [4.78, 5) is 0. The van der Waals surface area contributed by atoms with E-state index in [-0.39, 0.29) is 12.6 Å². The first-order valence-corrected chi connectivity index (χ1v) is 6.99. The topological polar surface area (TPSA) is 60.0 Å². The van der Waals surface area contributed by atoms with Crippen LogP contribution in [0.3, 0.4) is 0 Å². The van der Waals surface area contributed by atoms with Crippen LogP contribution in [0.1, 0.15) is 19.3 Å². The number of ether oxygens (including phenoxy) is 3. The van der Waals surface area contributed by atoms with Crippen LogP contribution in [-0.2, 0) is 0 Å². The second kappa shape index (κ2) is 7.36. The molecular weight excluding hydrogens is 258 g/mol. The maximum atomic E-state index is 9.33. The molecule has 1 unspecified atom stereocenters. The monoisotopic (exact) mass is 281 g/mol. The fourth-order valence-corrected chi connectivity index (χ4v) is 2.07. The first-order valence-electron chi connectivity index (χ1n) is 6.99. The van der Waals surface area contributed by atoms with E-state index in [2.05, 4.69) is 5.32 Å². The van der Waals surface area contributed by atoms with Gasteiger partial charge in [-0.15, -0.1) is 0 Å². The van der Waals surface area contributed by atoms with E-state index in [0.717, 1.165) is 6.42 Å². The van der Waals surface area contributed by atoms with Gasteiger partial charge in [0.05, 0.1) is 27.4 Å². The van der Waals surface area contributed by atoms with Gasteiger partial charge >= 0.3 is 0 Å². The summed E-state index contributed by atoms with van der Waals surface area (Å²) in [6, 6.07) is 6.19. The first-order chi connectivity index (χ1) is 9.78. The summed E-state index contributed by atoms with van der Waals surface area (Å²) in [6.45, 7) is 0.630. The smallest absolute Gasteiger partial charge is 0.203 e. The highest BCUT2D eigenvalue weighted by Gasteiger charge is 2.24. The molecule has 0 aromatic heterocycles. The van der Waals surface area contributed by atoms with Gasteiger partial charge in [0, 0.05) is 12.1 Å². The second-order valence-electron chi connectivity index (χ2n) is 4.95. The molecule has 20 heavy (non-hydrogen) atoms. The maximum Gasteiger partial charge on any atom is 0.203 e. The molecule has 1 aromatic rings. The normalized spacial score (nSPS) is 15.8. The molecule has 1 aromatic carbocycles. The Morgan fingerprint density at radius 3 is 2.40 bits per heavy atom. The predicted octanol–water partition coefficient (Wildman–Crippen LogP) is 1.59. The van der Waals surface area contributed by atoms with E-state index < -0.39 is 0 Å². The van der Waals surface area contributed by atoms with Gasteiger partial charge in [0.1, 0.15) is 0 Å². The van der Waals surface area contributed by atoms with Gasteiger partial charge in [0.25, 0.3) is 0 Å². The number of benzene rings is 1. The number of aliphatic hydroxyl groups excluding tert-OH is 1. The van der Waals surface area contributed by atoms with Gasteiger partial charge in [-0.05, 0) is 31.4 Å². The van der Waals surface area contributed by atoms with Crippen LogP contribution in [0.4, 0.5) is 0 Å². The molecule has 0 saturated heterocycles. The molecule has 1 aliphatic rings. The lowest BCUT2D eigenvalue weighted by Crippen LogP contribution is -2.35. The van der Waals surface area contributed by atoms with E-state index in [1.54, 1.807) is 14.2 Å². The summed E-state index contributed by atoms with van der Waals surface area (Å²) < 4.78 is 16.3. The van der Waals surface area contributed by atoms with Crippen LogP contribution in [0, 0.1) is 0 Å². The third kappa shape index (κ3) is 4.02. The largest absolute Gasteiger partial charge is 0.493 e. The second-order valence-corrected chi connectivity index (χ2v) is 4.95. The Balaban J connectivity index is 1.88. The van der Waals surface area contributed by atoms with Crippen LogP contribution in [-0.4, -0.2) is 44.6 Å². The molecule has 1 fully saturated rings. The Kier molecular flexibility index (Phi) is 5.49. The van der Waals surface area contributed by atoms with Crippen molar-refractivity contribution in [1.82, 2.24) is 5.32 Å². The Morgan fingerprint density at radius 1 is 1.25 bits per heavy atom. The van der Waals surface area contributed by atoms with Crippen LogP contribution >= 0.6 is 0 Å². The van der Waals surface area contributed by atoms with Crippen LogP contribution in [0.5, 0.6) is 17.2 Å². The molecule has 2 N–H and O–H groups in total. The van der Waals surface area contributed by atoms with Gasteiger partial charge in [-0.3, -0.25) is 0 Å². The molecule has 0 heterocycles. The van der Waals surface area contributed by atoms with Crippen LogP contribution in [0.15, 0.2) is 18.2 Å². The quantitative estimate of drug-likeness (QED) is 0.720. The SMILES string of the molecule is COc1cccc(OC)c1OCCC(CO)NC1CC1. The lowest BCUT2D eigenvalue weighted by Gasteiger charge is -2.18. The van der Waals surface area contributed by atoms with Crippen molar-refractivity contribution in [1.29, 1.82) is 0 Å². The average Bonchev–Trinajstić information content (AvgIpc) is 3.30. The lowest BCUT2D eigenvalue weighted by molar-refractivity contribution is 0.202. The lowest BCUT2D eigenvalue weighted by atomic mass is 10.2. The number of aliphatic hydroxyl groups is 1. The number of hydrogen-bond donors (Lipinski definition) is 2. The Labute approximate surface area is 119 Å². The van der Waals surface area contributed by atoms with Gasteiger partial charge in [-0.1, -0.05) is 6.07 Å². The Bertz CT molecular complexity index is 398. The van der Waals surface area contributed by atoms with Gasteiger partial charge in [0.2, 0.25) is 5.75 Å². The third-order valence-corrected chi connectivity index (χ3v) is 3.36. The zero-order valence-electron chi connectivity index (χ0n) is 12.1. The minimum atomic E-state index is 0.0863. The summed E-state index contributed by atoms with van der Waals surface area (Å²) in [6.07, 6.45) is 3.16. The molecule has 0 radical (unpaired) electrons. The van der Waals surface area contributed by atoms with Gasteiger partial charge in [-0.25, -0.2) is 0 Å². The van der Waals surface area contributed by atoms with Crippen LogP contribution in [0.2, 0.25) is 0 Å². The summed E-state index contributed by atoms with van der Waals surface area (Å²) in [5.74, 6) is 1.92. The van der Waals surface area contributed by atoms with Gasteiger partial charge in [0.15, 0.2) is 11.5 Å². The Morgan fingerprint density at radius 2 is 1.90 bits per heavy atom. The summed E-state index contributed by atoms with van der Waals surface area (Å²) >= 11 is 0. The molecule has 0 bridgehead atoms. The van der Waals surface area contributed by atoms with Crippen LogP contribution in [0.25, 0.3) is 0 Å². The van der Waals surface area contributed by atoms with Crippen molar-refractivity contribution < 1.29 is 19.3 Å². The molecule has 1 saturated carbocycles. The number of methoxy groups -OCH3 is 2. The number of para-hydroxylation sites is 1. The molecule has 5 heteroatoms. The fraction of sp³-hybridized carbons (Fsp3) is 0.600. The first kappa shape index (κ1) is 14.9. The van der Waals surface area contributed by atoms with Crippen molar-refractivity contribution in [2.24, 2.45) is 0 Å². The molecular formula is C15H23NO4. The van der Waals surface area contributed by atoms with E-state index >= 15 is 0 Å². The zero-order valence-corrected chi connectivity index (χ0v) is 12.1. The molecule has 1 atom stereocenters. The van der Waals surface area contributed by atoms with Crippen molar-refractivity contribution in [3.8, 4) is 17.2 Å². The van der Waals surface area contributed by atoms with E-state index in [0.29, 0.717) is 29.9 Å². The predicted molar refractivity (Wildman–Crippen MR) is 76.7 cm³/mol. The minimum absolute atomic E-state index is 0.0863. The minimum Gasteiger partial charge on any atom is -0.493 e. The van der Waals surface area contributed by atoms with Crippen molar-refractivity contribution in [2.45, 2.75) is 31.3 Å². The van der Waals surface area contributed by atoms with Crippen molar-refractivity contribution in [2.75, 3.05) is 27.4 Å². The van der Waals surface area contributed by atoms with Gasteiger partial charge < -0.3 is 24.6 Å². The molecule has 112 valence electrons. The molecule has 1 aliphatic carbocycles. The summed E-state index contributed by atoms with van der Waals surface area (Å²) in [5, 5.41) is 12.7. The zero-order chi connectivity index (χ0) is 14.4. The van der Waals surface area contributed by atoms with E-state index in [1.807, 2.05) is 18.2 Å². The maximum absolute atomic E-state index is 9.33. The molecule has 2 rings (SSSR count). The third-order valence-electron chi connectivity index (χ3n) is 3.36. The highest BCUT2D eigenvalue weighted by Crippen LogP contribution is 2.36. The van der Waals surface area contributed by atoms with E-state index in [1.165, 1.54) is 12.8 Å². The summed E-state index contributed by atoms with van der Waals surface area (Å²) in [7, 11) is 3.21. The Hall–Kier alpha value is -1.46. The average molecular weight is 281 g/mol. The van der Waals surface area contributed by atoms with Crippen molar-refractivity contribution >= 4 is 0 Å². The summed E-state index contributed by atoms with van der Waals surface area (Å²) in [5.41, 5.74) is 0. The van der Waals surface area contributed by atoms with Crippen molar-refractivity contribution in [3.05, 3.63) is 18.2 Å². The molecule has 0 aliphatic heterocycles. The standard InChI is InChI=1S/C15H23NO4/c1-18-13-4-3-5-14(19-2)15(13)20-9-8-12(10-17)16-11-6-7-11/h3-5,11-12,16-17H,6-10H2,1-2H3. The number of rotatable bonds is 9. The van der Waals surface area contributed by atoms with E-state index in [9.17, 15) is 5.11 Å². The number of hydrogen-bond acceptors (Lipinski definition) is 5. The number of nitrogens with one attached hydrogen (secondary N) is 1. The van der Waals surface area contributed by atoms with E-state index in [4.69, 9.17) is 14.2 Å². The van der Waals surface area contributed by atoms with Crippen LogP contribution < -0.4 is 19.5 Å². The molecule has 0 spiro atoms.